The molecular weight excluding hydrogens is 438 g/mol. The zero-order chi connectivity index (χ0) is 23.2. The van der Waals surface area contributed by atoms with Crippen LogP contribution >= 0.6 is 11.8 Å². The molecule has 0 atom stereocenters. The highest BCUT2D eigenvalue weighted by molar-refractivity contribution is 7.98. The van der Waals surface area contributed by atoms with E-state index in [0.29, 0.717) is 0 Å². The number of nitrogens with zero attached hydrogens (tertiary/aromatic N) is 5. The minimum Gasteiger partial charge on any atom is -0.255 e. The van der Waals surface area contributed by atoms with Crippen molar-refractivity contribution in [1.29, 1.82) is 0 Å². The lowest BCUT2D eigenvalue weighted by molar-refractivity contribution is 1.22. The SMILES string of the molecule is CSc1ccc(/N=N/c2ccc(-c3cc(-c4ccccn4)nc(-c4ccccn4)c3)cc2)cc1. The van der Waals surface area contributed by atoms with Crippen LogP contribution in [0.3, 0.4) is 0 Å². The first-order chi connectivity index (χ1) is 16.8. The monoisotopic (exact) mass is 459 g/mol. The van der Waals surface area contributed by atoms with E-state index in [4.69, 9.17) is 4.98 Å². The van der Waals surface area contributed by atoms with Crippen molar-refractivity contribution in [3.8, 4) is 33.9 Å². The molecule has 0 saturated carbocycles. The fraction of sp³-hybridized carbons (Fsp3) is 0.0357. The van der Waals surface area contributed by atoms with Crippen LogP contribution in [0.1, 0.15) is 0 Å². The van der Waals surface area contributed by atoms with Crippen molar-refractivity contribution in [2.45, 2.75) is 4.90 Å². The number of benzene rings is 2. The molecule has 0 aliphatic heterocycles. The Bertz CT molecular complexity index is 1340. The molecule has 3 aromatic heterocycles. The summed E-state index contributed by atoms with van der Waals surface area (Å²) < 4.78 is 0. The highest BCUT2D eigenvalue weighted by Crippen LogP contribution is 2.30. The third-order valence-corrected chi connectivity index (χ3v) is 5.98. The molecule has 5 rings (SSSR count). The molecule has 0 fully saturated rings. The molecule has 0 radical (unpaired) electrons. The van der Waals surface area contributed by atoms with Crippen LogP contribution in [0.5, 0.6) is 0 Å². The van der Waals surface area contributed by atoms with Gasteiger partial charge in [0.05, 0.1) is 34.2 Å². The second-order valence-corrected chi connectivity index (χ2v) is 8.38. The molecule has 3 heterocycles. The second kappa shape index (κ2) is 10.2. The molecule has 34 heavy (non-hydrogen) atoms. The second-order valence-electron chi connectivity index (χ2n) is 7.50. The smallest absolute Gasteiger partial charge is 0.0900 e. The zero-order valence-corrected chi connectivity index (χ0v) is 19.4. The van der Waals surface area contributed by atoms with Gasteiger partial charge in [0.15, 0.2) is 0 Å². The number of pyridine rings is 3. The van der Waals surface area contributed by atoms with Crippen LogP contribution in [0.25, 0.3) is 33.9 Å². The first-order valence-electron chi connectivity index (χ1n) is 10.8. The minimum atomic E-state index is 0.793. The molecule has 5 nitrogen and oxygen atoms in total. The van der Waals surface area contributed by atoms with Crippen LogP contribution in [0.2, 0.25) is 0 Å². The predicted molar refractivity (Wildman–Crippen MR) is 139 cm³/mol. The molecular formula is C28H21N5S. The zero-order valence-electron chi connectivity index (χ0n) is 18.5. The summed E-state index contributed by atoms with van der Waals surface area (Å²) in [5.74, 6) is 0. The van der Waals surface area contributed by atoms with Gasteiger partial charge in [-0.25, -0.2) is 4.98 Å². The Balaban J connectivity index is 1.47. The largest absolute Gasteiger partial charge is 0.255 e. The van der Waals surface area contributed by atoms with Gasteiger partial charge >= 0.3 is 0 Å². The van der Waals surface area contributed by atoms with Gasteiger partial charge in [-0.05, 0) is 90.2 Å². The fourth-order valence-corrected chi connectivity index (χ4v) is 3.88. The van der Waals surface area contributed by atoms with Gasteiger partial charge in [-0.2, -0.15) is 10.2 Å². The molecule has 0 amide bonds. The van der Waals surface area contributed by atoms with E-state index in [1.165, 1.54) is 4.90 Å². The Hall–Kier alpha value is -4.16. The van der Waals surface area contributed by atoms with Crippen molar-refractivity contribution in [1.82, 2.24) is 15.0 Å². The summed E-state index contributed by atoms with van der Waals surface area (Å²) in [4.78, 5) is 15.0. The van der Waals surface area contributed by atoms with Gasteiger partial charge in [-0.3, -0.25) is 9.97 Å². The third kappa shape index (κ3) is 5.08. The highest BCUT2D eigenvalue weighted by Gasteiger charge is 2.10. The molecule has 0 aliphatic carbocycles. The van der Waals surface area contributed by atoms with Gasteiger partial charge in [0.25, 0.3) is 0 Å². The van der Waals surface area contributed by atoms with Crippen LogP contribution in [0.4, 0.5) is 11.4 Å². The summed E-state index contributed by atoms with van der Waals surface area (Å²) in [5.41, 5.74) is 6.96. The Kier molecular flexibility index (Phi) is 6.49. The van der Waals surface area contributed by atoms with Crippen LogP contribution in [0.15, 0.2) is 125 Å². The van der Waals surface area contributed by atoms with E-state index >= 15 is 0 Å². The Morgan fingerprint density at radius 1 is 0.559 bits per heavy atom. The van der Waals surface area contributed by atoms with E-state index < -0.39 is 0 Å². The molecule has 0 aliphatic rings. The average molecular weight is 460 g/mol. The summed E-state index contributed by atoms with van der Waals surface area (Å²) in [7, 11) is 0. The summed E-state index contributed by atoms with van der Waals surface area (Å²) >= 11 is 1.71. The quantitative estimate of drug-likeness (QED) is 0.190. The normalized spacial score (nSPS) is 11.1. The maximum Gasteiger partial charge on any atom is 0.0900 e. The summed E-state index contributed by atoms with van der Waals surface area (Å²) in [6.07, 6.45) is 5.61. The molecule has 6 heteroatoms. The average Bonchev–Trinajstić information content (AvgIpc) is 2.93. The van der Waals surface area contributed by atoms with E-state index in [1.54, 1.807) is 24.2 Å². The first-order valence-corrected chi connectivity index (χ1v) is 12.0. The Morgan fingerprint density at radius 2 is 1.09 bits per heavy atom. The van der Waals surface area contributed by atoms with Crippen molar-refractivity contribution >= 4 is 23.1 Å². The predicted octanol–water partition coefficient (Wildman–Crippen LogP) is 8.01. The number of hydrogen-bond donors (Lipinski definition) is 0. The summed E-state index contributed by atoms with van der Waals surface area (Å²) in [5, 5.41) is 8.73. The van der Waals surface area contributed by atoms with Gasteiger partial charge in [0.1, 0.15) is 0 Å². The van der Waals surface area contributed by atoms with E-state index in [1.807, 2.05) is 84.9 Å². The van der Waals surface area contributed by atoms with Crippen LogP contribution in [0, 0.1) is 0 Å². The maximum absolute atomic E-state index is 4.83. The number of hydrogen-bond acceptors (Lipinski definition) is 6. The molecule has 0 N–H and O–H groups in total. The van der Waals surface area contributed by atoms with E-state index in [-0.39, 0.29) is 0 Å². The Labute approximate surface area is 202 Å². The van der Waals surface area contributed by atoms with Gasteiger partial charge in [-0.15, -0.1) is 11.8 Å². The van der Waals surface area contributed by atoms with Gasteiger partial charge in [0, 0.05) is 17.3 Å². The Morgan fingerprint density at radius 3 is 1.56 bits per heavy atom. The lowest BCUT2D eigenvalue weighted by atomic mass is 10.0. The third-order valence-electron chi connectivity index (χ3n) is 5.23. The molecule has 0 unspecified atom stereocenters. The van der Waals surface area contributed by atoms with Crippen molar-refractivity contribution < 1.29 is 0 Å². The van der Waals surface area contributed by atoms with Gasteiger partial charge < -0.3 is 0 Å². The van der Waals surface area contributed by atoms with Gasteiger partial charge in [0.2, 0.25) is 0 Å². The molecule has 5 aromatic rings. The van der Waals surface area contributed by atoms with Crippen LogP contribution in [-0.2, 0) is 0 Å². The summed E-state index contributed by atoms with van der Waals surface area (Å²) in [6, 6.07) is 31.8. The fourth-order valence-electron chi connectivity index (χ4n) is 3.47. The number of thioether (sulfide) groups is 1. The molecule has 0 saturated heterocycles. The number of azo groups is 1. The maximum atomic E-state index is 4.83. The molecule has 0 spiro atoms. The minimum absolute atomic E-state index is 0.793. The molecule has 0 bridgehead atoms. The molecule has 164 valence electrons. The van der Waals surface area contributed by atoms with Crippen LogP contribution in [-0.4, -0.2) is 21.2 Å². The van der Waals surface area contributed by atoms with E-state index in [0.717, 1.165) is 45.3 Å². The van der Waals surface area contributed by atoms with Crippen molar-refractivity contribution in [3.63, 3.8) is 0 Å². The van der Waals surface area contributed by atoms with Crippen molar-refractivity contribution in [2.75, 3.05) is 6.26 Å². The number of aromatic nitrogens is 3. The van der Waals surface area contributed by atoms with Crippen molar-refractivity contribution in [3.05, 3.63) is 109 Å². The van der Waals surface area contributed by atoms with Crippen LogP contribution < -0.4 is 0 Å². The lowest BCUT2D eigenvalue weighted by Crippen LogP contribution is -1.93. The van der Waals surface area contributed by atoms with Gasteiger partial charge in [-0.1, -0.05) is 24.3 Å². The first kappa shape index (κ1) is 21.7. The van der Waals surface area contributed by atoms with Crippen molar-refractivity contribution in [2.24, 2.45) is 10.2 Å². The number of rotatable bonds is 6. The standard InChI is InChI=1S/C28H21N5S/c1-34-24-14-12-23(13-15-24)33-32-22-10-8-20(9-11-22)21-18-27(25-6-2-4-16-29-25)31-28(19-21)26-7-3-5-17-30-26/h2-19H,1H3/b33-32+. The summed E-state index contributed by atoms with van der Waals surface area (Å²) in [6.45, 7) is 0. The topological polar surface area (TPSA) is 63.4 Å². The highest BCUT2D eigenvalue weighted by atomic mass is 32.2. The van der Waals surface area contributed by atoms with E-state index in [2.05, 4.69) is 38.6 Å². The molecule has 2 aromatic carbocycles. The lowest BCUT2D eigenvalue weighted by Gasteiger charge is -2.09. The van der Waals surface area contributed by atoms with E-state index in [9.17, 15) is 0 Å².